The molecule has 6 nitrogen and oxygen atoms in total. The van der Waals surface area contributed by atoms with Gasteiger partial charge < -0.3 is 4.57 Å². The molecule has 1 aromatic heterocycles. The number of aromatic nitrogens is 3. The van der Waals surface area contributed by atoms with Crippen molar-refractivity contribution in [1.82, 2.24) is 20.2 Å². The Labute approximate surface area is 192 Å². The number of nitrogens with one attached hydrogen (secondary N) is 1. The van der Waals surface area contributed by atoms with Crippen LogP contribution in [0.1, 0.15) is 38.8 Å². The fourth-order valence-corrected chi connectivity index (χ4v) is 3.82. The molecule has 0 aliphatic carbocycles. The van der Waals surface area contributed by atoms with Gasteiger partial charge in [0, 0.05) is 17.1 Å². The van der Waals surface area contributed by atoms with Crippen molar-refractivity contribution in [2.45, 2.75) is 44.8 Å². The van der Waals surface area contributed by atoms with Gasteiger partial charge in [0.25, 0.3) is 5.91 Å². The topological polar surface area (TPSA) is 72.2 Å². The summed E-state index contributed by atoms with van der Waals surface area (Å²) in [5, 5.41) is 14.0. The maximum absolute atomic E-state index is 12.1. The molecule has 0 fully saturated rings. The smallest absolute Gasteiger partial charge is 0.250 e. The van der Waals surface area contributed by atoms with Gasteiger partial charge in [-0.25, -0.2) is 5.43 Å². The zero-order valence-corrected chi connectivity index (χ0v) is 19.7. The Morgan fingerprint density at radius 3 is 2.42 bits per heavy atom. The van der Waals surface area contributed by atoms with Crippen molar-refractivity contribution in [3.63, 3.8) is 0 Å². The Kier molecular flexibility index (Phi) is 7.51. The summed E-state index contributed by atoms with van der Waals surface area (Å²) in [7, 11) is 0. The van der Waals surface area contributed by atoms with Gasteiger partial charge >= 0.3 is 0 Å². The zero-order valence-electron chi connectivity index (χ0n) is 18.1. The first kappa shape index (κ1) is 23.0. The van der Waals surface area contributed by atoms with Gasteiger partial charge in [-0.15, -0.1) is 10.2 Å². The highest BCUT2D eigenvalue weighted by molar-refractivity contribution is 7.99. The summed E-state index contributed by atoms with van der Waals surface area (Å²) < 4.78 is 2.01. The number of amides is 1. The van der Waals surface area contributed by atoms with Crippen LogP contribution in [0, 0.1) is 0 Å². The number of benzene rings is 2. The maximum atomic E-state index is 12.1. The second-order valence-corrected chi connectivity index (χ2v) is 9.39. The largest absolute Gasteiger partial charge is 0.302 e. The molecule has 0 saturated carbocycles. The summed E-state index contributed by atoms with van der Waals surface area (Å²) in [6, 6.07) is 15.6. The third kappa shape index (κ3) is 6.18. The van der Waals surface area contributed by atoms with Crippen molar-refractivity contribution >= 4 is 35.5 Å². The third-order valence-corrected chi connectivity index (χ3v) is 5.87. The van der Waals surface area contributed by atoms with E-state index >= 15 is 0 Å². The quantitative estimate of drug-likeness (QED) is 0.303. The average Bonchev–Trinajstić information content (AvgIpc) is 3.16. The Morgan fingerprint density at radius 1 is 1.13 bits per heavy atom. The lowest BCUT2D eigenvalue weighted by Gasteiger charge is -2.19. The Morgan fingerprint density at radius 2 is 1.81 bits per heavy atom. The van der Waals surface area contributed by atoms with E-state index in [2.05, 4.69) is 65.8 Å². The molecule has 1 amide bonds. The monoisotopic (exact) mass is 455 g/mol. The number of hydrogen-bond acceptors (Lipinski definition) is 5. The van der Waals surface area contributed by atoms with Gasteiger partial charge in [0.1, 0.15) is 0 Å². The van der Waals surface area contributed by atoms with Gasteiger partial charge in [0.2, 0.25) is 0 Å². The molecule has 0 atom stereocenters. The minimum atomic E-state index is -0.211. The van der Waals surface area contributed by atoms with Crippen molar-refractivity contribution in [1.29, 1.82) is 0 Å². The lowest BCUT2D eigenvalue weighted by Crippen LogP contribution is -2.20. The van der Waals surface area contributed by atoms with Gasteiger partial charge in [-0.1, -0.05) is 80.5 Å². The normalized spacial score (nSPS) is 11.8. The van der Waals surface area contributed by atoms with Crippen molar-refractivity contribution < 1.29 is 4.79 Å². The molecule has 3 rings (SSSR count). The molecule has 162 valence electrons. The van der Waals surface area contributed by atoms with Crippen LogP contribution in [0.15, 0.2) is 58.8 Å². The fraction of sp³-hybridized carbons (Fsp3) is 0.304. The molecule has 0 saturated heterocycles. The van der Waals surface area contributed by atoms with Crippen LogP contribution >= 0.6 is 23.4 Å². The molecule has 0 radical (unpaired) electrons. The molecule has 3 aromatic rings. The van der Waals surface area contributed by atoms with Crippen LogP contribution in [0.2, 0.25) is 5.02 Å². The predicted octanol–water partition coefficient (Wildman–Crippen LogP) is 5.16. The average molecular weight is 456 g/mol. The summed E-state index contributed by atoms with van der Waals surface area (Å²) >= 11 is 7.19. The molecule has 0 bridgehead atoms. The second-order valence-electron chi connectivity index (χ2n) is 8.01. The highest BCUT2D eigenvalue weighted by Gasteiger charge is 2.17. The van der Waals surface area contributed by atoms with E-state index < -0.39 is 0 Å². The van der Waals surface area contributed by atoms with Crippen LogP contribution in [0.4, 0.5) is 0 Å². The van der Waals surface area contributed by atoms with Gasteiger partial charge in [0.05, 0.1) is 12.0 Å². The number of hydrazone groups is 1. The van der Waals surface area contributed by atoms with E-state index in [-0.39, 0.29) is 17.1 Å². The molecule has 1 heterocycles. The van der Waals surface area contributed by atoms with E-state index in [1.807, 2.05) is 23.6 Å². The van der Waals surface area contributed by atoms with Crippen LogP contribution in [-0.2, 0) is 16.8 Å². The van der Waals surface area contributed by atoms with Crippen molar-refractivity contribution in [2.24, 2.45) is 5.10 Å². The number of thioether (sulfide) groups is 1. The molecule has 8 heteroatoms. The highest BCUT2D eigenvalue weighted by Crippen LogP contribution is 2.27. The first-order chi connectivity index (χ1) is 14.8. The number of rotatable bonds is 7. The van der Waals surface area contributed by atoms with Crippen molar-refractivity contribution in [3.05, 3.63) is 64.7 Å². The van der Waals surface area contributed by atoms with Crippen molar-refractivity contribution in [2.75, 3.05) is 5.75 Å². The number of halogens is 1. The molecule has 0 spiro atoms. The Balaban J connectivity index is 1.61. The number of nitrogens with zero attached hydrogens (tertiary/aromatic N) is 4. The first-order valence-electron chi connectivity index (χ1n) is 10.0. The molecular formula is C23H26ClN5OS. The van der Waals surface area contributed by atoms with Crippen LogP contribution in [0.5, 0.6) is 0 Å². The Bertz CT molecular complexity index is 1050. The summed E-state index contributed by atoms with van der Waals surface area (Å²) in [6.45, 7) is 9.32. The zero-order chi connectivity index (χ0) is 22.4. The number of carbonyl (C=O) groups is 1. The summed E-state index contributed by atoms with van der Waals surface area (Å²) in [5.74, 6) is 0.780. The number of hydrogen-bond donors (Lipinski definition) is 1. The lowest BCUT2D eigenvalue weighted by atomic mass is 9.87. The van der Waals surface area contributed by atoms with E-state index in [0.29, 0.717) is 16.7 Å². The van der Waals surface area contributed by atoms with Crippen LogP contribution in [-0.4, -0.2) is 32.6 Å². The summed E-state index contributed by atoms with van der Waals surface area (Å²) in [6.07, 6.45) is 1.58. The lowest BCUT2D eigenvalue weighted by molar-refractivity contribution is -0.118. The van der Waals surface area contributed by atoms with Crippen LogP contribution in [0.3, 0.4) is 0 Å². The van der Waals surface area contributed by atoms with E-state index in [4.69, 9.17) is 11.6 Å². The van der Waals surface area contributed by atoms with E-state index in [9.17, 15) is 4.79 Å². The van der Waals surface area contributed by atoms with Crippen LogP contribution in [0.25, 0.3) is 11.4 Å². The summed E-state index contributed by atoms with van der Waals surface area (Å²) in [5.41, 5.74) is 5.76. The maximum Gasteiger partial charge on any atom is 0.250 e. The predicted molar refractivity (Wildman–Crippen MR) is 128 cm³/mol. The highest BCUT2D eigenvalue weighted by atomic mass is 35.5. The molecule has 31 heavy (non-hydrogen) atoms. The van der Waals surface area contributed by atoms with E-state index in [1.165, 1.54) is 17.3 Å². The second kappa shape index (κ2) is 10.1. The van der Waals surface area contributed by atoms with Gasteiger partial charge in [-0.2, -0.15) is 5.10 Å². The molecule has 0 aliphatic heterocycles. The minimum Gasteiger partial charge on any atom is -0.302 e. The molecule has 2 aromatic carbocycles. The molecular weight excluding hydrogens is 430 g/mol. The Hall–Kier alpha value is -2.64. The van der Waals surface area contributed by atoms with E-state index in [0.717, 1.165) is 17.0 Å². The third-order valence-electron chi connectivity index (χ3n) is 4.65. The van der Waals surface area contributed by atoms with Gasteiger partial charge in [-0.3, -0.25) is 4.79 Å². The fourth-order valence-electron chi connectivity index (χ4n) is 2.90. The van der Waals surface area contributed by atoms with Crippen molar-refractivity contribution in [3.8, 4) is 11.4 Å². The molecule has 0 unspecified atom stereocenters. The number of carbonyl (C=O) groups excluding carboxylic acids is 1. The van der Waals surface area contributed by atoms with E-state index in [1.54, 1.807) is 18.3 Å². The van der Waals surface area contributed by atoms with Crippen LogP contribution < -0.4 is 5.43 Å². The first-order valence-corrected chi connectivity index (χ1v) is 11.4. The molecule has 1 N–H and O–H groups in total. The van der Waals surface area contributed by atoms with Gasteiger partial charge in [0.15, 0.2) is 11.0 Å². The summed E-state index contributed by atoms with van der Waals surface area (Å²) in [4.78, 5) is 12.1. The molecule has 0 aliphatic rings. The minimum absolute atomic E-state index is 0.0986. The SMILES string of the molecule is CCn1c(SCC(=O)N/N=C/c2ccc(Cl)cc2)nnc1-c1ccc(C(C)(C)C)cc1. The van der Waals surface area contributed by atoms with Gasteiger partial charge in [-0.05, 0) is 35.6 Å². The standard InChI is InChI=1S/C23H26ClN5OS/c1-5-29-21(17-8-10-18(11-9-17)23(2,3)4)27-28-22(29)31-15-20(30)26-25-14-16-6-12-19(24)13-7-16/h6-14H,5,15H2,1-4H3,(H,26,30)/b25-14+.